The van der Waals surface area contributed by atoms with Crippen LogP contribution in [0, 0.1) is 0 Å². The Morgan fingerprint density at radius 3 is 2.71 bits per heavy atom. The Labute approximate surface area is 105 Å². The maximum Gasteiger partial charge on any atom is 0.271 e. The summed E-state index contributed by atoms with van der Waals surface area (Å²) in [7, 11) is 1.63. The van der Waals surface area contributed by atoms with E-state index in [0.29, 0.717) is 5.69 Å². The summed E-state index contributed by atoms with van der Waals surface area (Å²) in [6, 6.07) is 2.06. The lowest BCUT2D eigenvalue weighted by Gasteiger charge is -2.20. The number of nitrogens with zero attached hydrogens (tertiary/aromatic N) is 1. The monoisotopic (exact) mass is 248 g/mol. The largest absolute Gasteiger partial charge is 0.354 e. The number of nitrogens with one attached hydrogen (secondary N) is 1. The van der Waals surface area contributed by atoms with E-state index in [4.69, 9.17) is 0 Å². The van der Waals surface area contributed by atoms with Crippen molar-refractivity contribution in [1.29, 1.82) is 0 Å². The van der Waals surface area contributed by atoms with Gasteiger partial charge in [0.1, 0.15) is 5.69 Å². The van der Waals surface area contributed by atoms with Gasteiger partial charge in [0, 0.05) is 18.6 Å². The first kappa shape index (κ1) is 12.0. The molecule has 0 bridgehead atoms. The van der Waals surface area contributed by atoms with Gasteiger partial charge in [0.05, 0.1) is 4.70 Å². The Hall–Kier alpha value is -1.42. The van der Waals surface area contributed by atoms with Gasteiger partial charge in [-0.2, -0.15) is 0 Å². The van der Waals surface area contributed by atoms with E-state index < -0.39 is 0 Å². The third kappa shape index (κ3) is 2.05. The molecule has 0 unspecified atom stereocenters. The van der Waals surface area contributed by atoms with Gasteiger partial charge in [-0.05, 0) is 22.4 Å². The first-order valence-electron chi connectivity index (χ1n) is 5.54. The molecule has 0 aliphatic rings. The minimum Gasteiger partial charge on any atom is -0.354 e. The van der Waals surface area contributed by atoms with Gasteiger partial charge in [-0.3, -0.25) is 4.79 Å². The average molecular weight is 248 g/mol. The molecule has 1 N–H and O–H groups in total. The first-order valence-corrected chi connectivity index (χ1v) is 6.42. The molecule has 90 valence electrons. The molecule has 2 aromatic heterocycles. The van der Waals surface area contributed by atoms with Crippen LogP contribution in [0.4, 0.5) is 0 Å². The predicted octanol–water partition coefficient (Wildman–Crippen LogP) is 2.95. The zero-order valence-electron chi connectivity index (χ0n) is 10.5. The summed E-state index contributed by atoms with van der Waals surface area (Å²) in [5.41, 5.74) is 1.74. The van der Waals surface area contributed by atoms with E-state index in [1.165, 1.54) is 5.56 Å². The summed E-state index contributed by atoms with van der Waals surface area (Å²) in [5, 5.41) is 5.77. The fourth-order valence-electron chi connectivity index (χ4n) is 1.84. The molecule has 0 aliphatic carbocycles. The number of aromatic nitrogens is 1. The van der Waals surface area contributed by atoms with E-state index in [0.717, 1.165) is 10.1 Å². The van der Waals surface area contributed by atoms with Crippen molar-refractivity contribution in [3.05, 3.63) is 28.9 Å². The number of thiophene rings is 1. The highest BCUT2D eigenvalue weighted by Gasteiger charge is 2.21. The van der Waals surface area contributed by atoms with Crippen LogP contribution in [-0.4, -0.2) is 17.9 Å². The molecule has 3 nitrogen and oxygen atoms in total. The molecule has 2 rings (SSSR count). The number of carbonyl (C=O) groups excluding carboxylic acids is 1. The third-order valence-electron chi connectivity index (χ3n) is 2.74. The lowest BCUT2D eigenvalue weighted by Crippen LogP contribution is -2.20. The average Bonchev–Trinajstić information content (AvgIpc) is 2.73. The summed E-state index contributed by atoms with van der Waals surface area (Å²) >= 11 is 1.56. The number of hydrogen-bond donors (Lipinski definition) is 1. The van der Waals surface area contributed by atoms with Gasteiger partial charge >= 0.3 is 0 Å². The lowest BCUT2D eigenvalue weighted by atomic mass is 9.86. The van der Waals surface area contributed by atoms with Gasteiger partial charge < -0.3 is 5.32 Å². The molecule has 0 atom stereocenters. The summed E-state index contributed by atoms with van der Waals surface area (Å²) in [5.74, 6) is -0.127. The molecule has 4 heteroatoms. The highest BCUT2D eigenvalue weighted by Crippen LogP contribution is 2.33. The molecular formula is C13H16N2OS. The first-order chi connectivity index (χ1) is 7.95. The Kier molecular flexibility index (Phi) is 2.91. The summed E-state index contributed by atoms with van der Waals surface area (Å²) in [6.07, 6.45) is 1.82. The van der Waals surface area contributed by atoms with Crippen LogP contribution in [-0.2, 0) is 5.41 Å². The quantitative estimate of drug-likeness (QED) is 0.843. The normalized spacial score (nSPS) is 11.8. The van der Waals surface area contributed by atoms with E-state index in [2.05, 4.69) is 37.1 Å². The minimum absolute atomic E-state index is 0.0353. The van der Waals surface area contributed by atoms with E-state index in [9.17, 15) is 4.79 Å². The summed E-state index contributed by atoms with van der Waals surface area (Å²) in [6.45, 7) is 6.46. The molecule has 0 aromatic carbocycles. The van der Waals surface area contributed by atoms with Crippen molar-refractivity contribution in [3.63, 3.8) is 0 Å². The highest BCUT2D eigenvalue weighted by molar-refractivity contribution is 7.17. The van der Waals surface area contributed by atoms with Crippen LogP contribution in [0.2, 0.25) is 0 Å². The van der Waals surface area contributed by atoms with Crippen molar-refractivity contribution >= 4 is 27.3 Å². The lowest BCUT2D eigenvalue weighted by molar-refractivity contribution is 0.0960. The predicted molar refractivity (Wildman–Crippen MR) is 71.7 cm³/mol. The van der Waals surface area contributed by atoms with Gasteiger partial charge in [0.25, 0.3) is 5.91 Å². The van der Waals surface area contributed by atoms with Crippen LogP contribution in [0.3, 0.4) is 0 Å². The number of amides is 1. The van der Waals surface area contributed by atoms with Crippen molar-refractivity contribution < 1.29 is 4.79 Å². The Morgan fingerprint density at radius 2 is 2.12 bits per heavy atom. The molecule has 17 heavy (non-hydrogen) atoms. The minimum atomic E-state index is -0.127. The highest BCUT2D eigenvalue weighted by atomic mass is 32.1. The number of rotatable bonds is 1. The maximum atomic E-state index is 11.7. The fourth-order valence-corrected chi connectivity index (χ4v) is 2.74. The van der Waals surface area contributed by atoms with Crippen molar-refractivity contribution in [2.45, 2.75) is 26.2 Å². The van der Waals surface area contributed by atoms with Crippen LogP contribution < -0.4 is 5.32 Å². The number of hydrogen-bond acceptors (Lipinski definition) is 3. The van der Waals surface area contributed by atoms with E-state index >= 15 is 0 Å². The van der Waals surface area contributed by atoms with Crippen LogP contribution in [0.15, 0.2) is 17.6 Å². The molecule has 0 aliphatic heterocycles. The second-order valence-corrected chi connectivity index (χ2v) is 5.93. The second kappa shape index (κ2) is 4.11. The third-order valence-corrected chi connectivity index (χ3v) is 3.66. The van der Waals surface area contributed by atoms with Crippen LogP contribution in [0.25, 0.3) is 10.1 Å². The van der Waals surface area contributed by atoms with Crippen LogP contribution in [0.5, 0.6) is 0 Å². The molecule has 0 saturated heterocycles. The summed E-state index contributed by atoms with van der Waals surface area (Å²) in [4.78, 5) is 16.0. The maximum absolute atomic E-state index is 11.7. The van der Waals surface area contributed by atoms with Crippen molar-refractivity contribution in [2.75, 3.05) is 7.05 Å². The molecule has 0 fully saturated rings. The fraction of sp³-hybridized carbons (Fsp3) is 0.385. The number of carbonyl (C=O) groups is 1. The van der Waals surface area contributed by atoms with Gasteiger partial charge in [-0.25, -0.2) is 4.98 Å². The van der Waals surface area contributed by atoms with Crippen molar-refractivity contribution in [1.82, 2.24) is 10.3 Å². The van der Waals surface area contributed by atoms with Gasteiger partial charge in [0.2, 0.25) is 0 Å². The number of pyridine rings is 1. The summed E-state index contributed by atoms with van der Waals surface area (Å²) < 4.78 is 0.969. The molecule has 2 aromatic rings. The zero-order valence-corrected chi connectivity index (χ0v) is 11.3. The van der Waals surface area contributed by atoms with Crippen molar-refractivity contribution in [2.24, 2.45) is 0 Å². The molecular weight excluding hydrogens is 232 g/mol. The Bertz CT molecular complexity index is 566. The molecule has 0 saturated carbocycles. The van der Waals surface area contributed by atoms with Crippen LogP contribution >= 0.6 is 11.3 Å². The van der Waals surface area contributed by atoms with Gasteiger partial charge in [-0.15, -0.1) is 11.3 Å². The zero-order chi connectivity index (χ0) is 12.6. The number of fused-ring (bicyclic) bond motifs is 1. The molecule has 1 amide bonds. The molecule has 2 heterocycles. The van der Waals surface area contributed by atoms with Gasteiger partial charge in [0.15, 0.2) is 0 Å². The van der Waals surface area contributed by atoms with Crippen LogP contribution in [0.1, 0.15) is 36.8 Å². The Balaban J connectivity index is 2.71. The second-order valence-electron chi connectivity index (χ2n) is 5.01. The smallest absolute Gasteiger partial charge is 0.271 e. The van der Waals surface area contributed by atoms with E-state index in [-0.39, 0.29) is 11.3 Å². The molecule has 0 radical (unpaired) electrons. The van der Waals surface area contributed by atoms with E-state index in [1.807, 2.05) is 11.6 Å². The standard InChI is InChI=1S/C13H16N2OS/c1-13(2,3)9-7-15-10(12(16)14-4)11-8(9)5-6-17-11/h5-7H,1-4H3,(H,14,16). The topological polar surface area (TPSA) is 42.0 Å². The SMILES string of the molecule is CNC(=O)c1ncc(C(C)(C)C)c2ccsc12. The Morgan fingerprint density at radius 1 is 1.41 bits per heavy atom. The van der Waals surface area contributed by atoms with E-state index in [1.54, 1.807) is 18.4 Å². The van der Waals surface area contributed by atoms with Gasteiger partial charge in [-0.1, -0.05) is 20.8 Å². The molecule has 0 spiro atoms. The van der Waals surface area contributed by atoms with Crippen molar-refractivity contribution in [3.8, 4) is 0 Å².